The standard InChI is InChI=1S/C14H21N5O/c1-9(2)13(8-20-4)19-14(16-17-18-19)12-6-5-11(15)7-10(12)3/h5-7,9,13H,8,15H2,1-4H3. The van der Waals surface area contributed by atoms with Crippen molar-refractivity contribution < 1.29 is 4.74 Å². The molecule has 6 heteroatoms. The van der Waals surface area contributed by atoms with Crippen LogP contribution < -0.4 is 5.73 Å². The molecule has 0 spiro atoms. The van der Waals surface area contributed by atoms with Crippen LogP contribution in [0, 0.1) is 12.8 Å². The number of anilines is 1. The minimum Gasteiger partial charge on any atom is -0.399 e. The molecule has 0 fully saturated rings. The molecule has 0 bridgehead atoms. The molecule has 1 aromatic heterocycles. The lowest BCUT2D eigenvalue weighted by Gasteiger charge is -2.21. The molecule has 0 aliphatic rings. The monoisotopic (exact) mass is 275 g/mol. The van der Waals surface area contributed by atoms with E-state index in [0.29, 0.717) is 12.5 Å². The Kier molecular flexibility index (Phi) is 4.34. The fourth-order valence-corrected chi connectivity index (χ4v) is 2.25. The van der Waals surface area contributed by atoms with E-state index in [9.17, 15) is 0 Å². The van der Waals surface area contributed by atoms with Crippen molar-refractivity contribution in [1.82, 2.24) is 20.2 Å². The smallest absolute Gasteiger partial charge is 0.182 e. The van der Waals surface area contributed by atoms with Gasteiger partial charge in [0.05, 0.1) is 12.6 Å². The van der Waals surface area contributed by atoms with E-state index >= 15 is 0 Å². The third kappa shape index (κ3) is 2.80. The first-order valence-electron chi connectivity index (χ1n) is 6.68. The van der Waals surface area contributed by atoms with Gasteiger partial charge in [-0.05, 0) is 47.0 Å². The molecule has 2 aromatic rings. The molecule has 0 aliphatic carbocycles. The molecule has 1 unspecified atom stereocenters. The Bertz CT molecular complexity index is 579. The number of nitrogens with two attached hydrogens (primary N) is 1. The molecule has 1 aromatic carbocycles. The number of benzene rings is 1. The minimum atomic E-state index is 0.0990. The largest absolute Gasteiger partial charge is 0.399 e. The highest BCUT2D eigenvalue weighted by molar-refractivity contribution is 5.63. The van der Waals surface area contributed by atoms with Crippen molar-refractivity contribution in [1.29, 1.82) is 0 Å². The van der Waals surface area contributed by atoms with Crippen LogP contribution in [0.4, 0.5) is 5.69 Å². The van der Waals surface area contributed by atoms with E-state index in [-0.39, 0.29) is 6.04 Å². The zero-order chi connectivity index (χ0) is 14.7. The lowest BCUT2D eigenvalue weighted by atomic mass is 10.0. The summed E-state index contributed by atoms with van der Waals surface area (Å²) in [5, 5.41) is 12.1. The highest BCUT2D eigenvalue weighted by atomic mass is 16.5. The lowest BCUT2D eigenvalue weighted by molar-refractivity contribution is 0.126. The predicted molar refractivity (Wildman–Crippen MR) is 78.2 cm³/mol. The van der Waals surface area contributed by atoms with E-state index in [0.717, 1.165) is 22.6 Å². The number of nitrogens with zero attached hydrogens (tertiary/aromatic N) is 4. The summed E-state index contributed by atoms with van der Waals surface area (Å²) in [6, 6.07) is 5.84. The molecular formula is C14H21N5O. The summed E-state index contributed by atoms with van der Waals surface area (Å²) in [5.41, 5.74) is 8.58. The highest BCUT2D eigenvalue weighted by Gasteiger charge is 2.22. The highest BCUT2D eigenvalue weighted by Crippen LogP contribution is 2.27. The van der Waals surface area contributed by atoms with Crippen LogP contribution in [0.15, 0.2) is 18.2 Å². The Labute approximate surface area is 118 Å². The van der Waals surface area contributed by atoms with Crippen LogP contribution in [0.2, 0.25) is 0 Å². The molecule has 0 radical (unpaired) electrons. The average Bonchev–Trinajstić information content (AvgIpc) is 2.84. The van der Waals surface area contributed by atoms with Gasteiger partial charge in [0.25, 0.3) is 0 Å². The fraction of sp³-hybridized carbons (Fsp3) is 0.500. The molecule has 0 amide bonds. The van der Waals surface area contributed by atoms with Gasteiger partial charge in [0, 0.05) is 18.4 Å². The number of hydrogen-bond donors (Lipinski definition) is 1. The van der Waals surface area contributed by atoms with Crippen LogP contribution in [-0.2, 0) is 4.74 Å². The molecule has 0 saturated heterocycles. The van der Waals surface area contributed by atoms with E-state index in [1.54, 1.807) is 7.11 Å². The predicted octanol–water partition coefficient (Wildman–Crippen LogP) is 2.07. The third-order valence-corrected chi connectivity index (χ3v) is 3.41. The summed E-state index contributed by atoms with van der Waals surface area (Å²) in [6.45, 7) is 6.84. The van der Waals surface area contributed by atoms with Gasteiger partial charge in [0.1, 0.15) is 0 Å². The Balaban J connectivity index is 2.46. The zero-order valence-electron chi connectivity index (χ0n) is 12.4. The normalized spacial score (nSPS) is 12.8. The zero-order valence-corrected chi connectivity index (χ0v) is 12.4. The second-order valence-electron chi connectivity index (χ2n) is 5.29. The molecule has 2 rings (SSSR count). The minimum absolute atomic E-state index is 0.0990. The van der Waals surface area contributed by atoms with Crippen molar-refractivity contribution in [3.63, 3.8) is 0 Å². The molecule has 0 aliphatic heterocycles. The molecule has 6 nitrogen and oxygen atoms in total. The lowest BCUT2D eigenvalue weighted by Crippen LogP contribution is -2.22. The van der Waals surface area contributed by atoms with Gasteiger partial charge in [0.2, 0.25) is 0 Å². The molecular weight excluding hydrogens is 254 g/mol. The van der Waals surface area contributed by atoms with Gasteiger partial charge in [-0.3, -0.25) is 0 Å². The van der Waals surface area contributed by atoms with Crippen LogP contribution in [-0.4, -0.2) is 33.9 Å². The summed E-state index contributed by atoms with van der Waals surface area (Å²) >= 11 is 0. The van der Waals surface area contributed by atoms with Gasteiger partial charge in [-0.2, -0.15) is 0 Å². The Morgan fingerprint density at radius 1 is 1.35 bits per heavy atom. The van der Waals surface area contributed by atoms with Crippen LogP contribution in [0.25, 0.3) is 11.4 Å². The Hall–Kier alpha value is -1.95. The van der Waals surface area contributed by atoms with Crippen molar-refractivity contribution in [3.05, 3.63) is 23.8 Å². The maximum atomic E-state index is 5.80. The maximum Gasteiger partial charge on any atom is 0.182 e. The van der Waals surface area contributed by atoms with Gasteiger partial charge >= 0.3 is 0 Å². The first kappa shape index (κ1) is 14.5. The number of aromatic nitrogens is 4. The number of nitrogen functional groups attached to an aromatic ring is 1. The van der Waals surface area contributed by atoms with Crippen LogP contribution in [0.3, 0.4) is 0 Å². The quantitative estimate of drug-likeness (QED) is 0.845. The second kappa shape index (κ2) is 6.00. The van der Waals surface area contributed by atoms with Crippen LogP contribution >= 0.6 is 0 Å². The summed E-state index contributed by atoms with van der Waals surface area (Å²) in [6.07, 6.45) is 0. The van der Waals surface area contributed by atoms with Crippen LogP contribution in [0.1, 0.15) is 25.5 Å². The van der Waals surface area contributed by atoms with Gasteiger partial charge in [-0.15, -0.1) is 5.10 Å². The van der Waals surface area contributed by atoms with Crippen molar-refractivity contribution in [3.8, 4) is 11.4 Å². The number of tetrazole rings is 1. The van der Waals surface area contributed by atoms with Gasteiger partial charge < -0.3 is 10.5 Å². The number of hydrogen-bond acceptors (Lipinski definition) is 5. The SMILES string of the molecule is COCC(C(C)C)n1nnnc1-c1ccc(N)cc1C. The van der Waals surface area contributed by atoms with E-state index in [1.807, 2.05) is 29.8 Å². The van der Waals surface area contributed by atoms with E-state index in [1.165, 1.54) is 0 Å². The fourth-order valence-electron chi connectivity index (χ4n) is 2.25. The first-order chi connectivity index (χ1) is 9.54. The Morgan fingerprint density at radius 2 is 2.10 bits per heavy atom. The summed E-state index contributed by atoms with van der Waals surface area (Å²) in [7, 11) is 1.69. The van der Waals surface area contributed by atoms with E-state index in [4.69, 9.17) is 10.5 Å². The van der Waals surface area contributed by atoms with Crippen molar-refractivity contribution in [2.45, 2.75) is 26.8 Å². The van der Waals surface area contributed by atoms with Crippen LogP contribution in [0.5, 0.6) is 0 Å². The number of methoxy groups -OCH3 is 1. The molecule has 2 N–H and O–H groups in total. The summed E-state index contributed by atoms with van der Waals surface area (Å²) in [4.78, 5) is 0. The third-order valence-electron chi connectivity index (χ3n) is 3.41. The summed E-state index contributed by atoms with van der Waals surface area (Å²) < 4.78 is 7.13. The molecule has 20 heavy (non-hydrogen) atoms. The molecule has 1 atom stereocenters. The maximum absolute atomic E-state index is 5.80. The van der Waals surface area contributed by atoms with Crippen molar-refractivity contribution >= 4 is 5.69 Å². The van der Waals surface area contributed by atoms with E-state index < -0.39 is 0 Å². The van der Waals surface area contributed by atoms with Crippen molar-refractivity contribution in [2.75, 3.05) is 19.5 Å². The average molecular weight is 275 g/mol. The molecule has 108 valence electrons. The van der Waals surface area contributed by atoms with Gasteiger partial charge in [-0.25, -0.2) is 4.68 Å². The number of aryl methyl sites for hydroxylation is 1. The Morgan fingerprint density at radius 3 is 2.70 bits per heavy atom. The molecule has 1 heterocycles. The number of ether oxygens (including phenoxy) is 1. The second-order valence-corrected chi connectivity index (χ2v) is 5.29. The topological polar surface area (TPSA) is 78.8 Å². The van der Waals surface area contributed by atoms with E-state index in [2.05, 4.69) is 29.4 Å². The van der Waals surface area contributed by atoms with Gasteiger partial charge in [-0.1, -0.05) is 13.8 Å². The first-order valence-corrected chi connectivity index (χ1v) is 6.68. The summed E-state index contributed by atoms with van der Waals surface area (Å²) in [5.74, 6) is 1.12. The van der Waals surface area contributed by atoms with Crippen molar-refractivity contribution in [2.24, 2.45) is 5.92 Å². The molecule has 0 saturated carbocycles. The van der Waals surface area contributed by atoms with Gasteiger partial charge in [0.15, 0.2) is 5.82 Å². The number of rotatable bonds is 5.